The van der Waals surface area contributed by atoms with Gasteiger partial charge in [0.2, 0.25) is 29.5 Å². The summed E-state index contributed by atoms with van der Waals surface area (Å²) in [4.78, 5) is 64.8. The Labute approximate surface area is 294 Å². The van der Waals surface area contributed by atoms with Crippen LogP contribution in [-0.2, 0) is 19.2 Å². The summed E-state index contributed by atoms with van der Waals surface area (Å²) in [5.41, 5.74) is 5.00. The first-order valence-electron chi connectivity index (χ1n) is 17.3. The zero-order chi connectivity index (χ0) is 35.3. The van der Waals surface area contributed by atoms with Gasteiger partial charge in [0.25, 0.3) is 0 Å². The maximum Gasteiger partial charge on any atom is 0.241 e. The van der Waals surface area contributed by atoms with E-state index in [9.17, 15) is 24.3 Å². The zero-order valence-corrected chi connectivity index (χ0v) is 28.4. The van der Waals surface area contributed by atoms with Gasteiger partial charge in [-0.1, -0.05) is 54.1 Å². The maximum absolute atomic E-state index is 14.6. The van der Waals surface area contributed by atoms with Gasteiger partial charge >= 0.3 is 0 Å². The second kappa shape index (κ2) is 11.1. The number of carbonyl (C=O) groups excluding carboxylic acids is 4. The molecule has 9 nitrogen and oxygen atoms in total. The van der Waals surface area contributed by atoms with E-state index in [1.807, 2.05) is 69.3 Å². The van der Waals surface area contributed by atoms with Gasteiger partial charge in [0.15, 0.2) is 5.58 Å². The van der Waals surface area contributed by atoms with E-state index in [2.05, 4.69) is 4.98 Å². The number of nitrogens with zero attached hydrogens (tertiary/aromatic N) is 3. The number of hydrogen-bond acceptors (Lipinski definition) is 7. The molecule has 254 valence electrons. The van der Waals surface area contributed by atoms with E-state index < -0.39 is 35.0 Å². The molecule has 0 spiro atoms. The van der Waals surface area contributed by atoms with Crippen molar-refractivity contribution in [3.8, 4) is 17.2 Å². The first-order chi connectivity index (χ1) is 24.6. The summed E-state index contributed by atoms with van der Waals surface area (Å²) in [5.74, 6) is -3.50. The third-order valence-electron chi connectivity index (χ3n) is 11.8. The molecule has 3 heterocycles. The molecule has 6 atom stereocenters. The minimum Gasteiger partial charge on any atom is -0.507 e. The van der Waals surface area contributed by atoms with E-state index in [-0.39, 0.29) is 35.8 Å². The molecule has 2 aliphatic carbocycles. The summed E-state index contributed by atoms with van der Waals surface area (Å²) in [6, 6.07) is 27.3. The lowest BCUT2D eigenvalue weighted by molar-refractivity contribution is -0.131. The molecule has 9 rings (SSSR count). The molecule has 0 radical (unpaired) electrons. The van der Waals surface area contributed by atoms with Crippen molar-refractivity contribution in [2.24, 2.45) is 29.1 Å². The van der Waals surface area contributed by atoms with Crippen molar-refractivity contribution in [1.29, 1.82) is 0 Å². The number of fused-ring (bicyclic) bond motifs is 5. The van der Waals surface area contributed by atoms with Crippen molar-refractivity contribution in [2.45, 2.75) is 39.5 Å². The quantitative estimate of drug-likeness (QED) is 0.157. The van der Waals surface area contributed by atoms with E-state index in [0.717, 1.165) is 22.2 Å². The molecule has 6 unspecified atom stereocenters. The maximum atomic E-state index is 14.6. The number of imide groups is 2. The molecule has 1 saturated carbocycles. The van der Waals surface area contributed by atoms with Gasteiger partial charge in [0.05, 0.1) is 34.5 Å². The van der Waals surface area contributed by atoms with E-state index in [4.69, 9.17) is 4.42 Å². The first-order valence-corrected chi connectivity index (χ1v) is 17.3. The fourth-order valence-corrected chi connectivity index (χ4v) is 9.38. The van der Waals surface area contributed by atoms with Crippen LogP contribution >= 0.6 is 0 Å². The summed E-state index contributed by atoms with van der Waals surface area (Å²) in [6.45, 7) is 5.52. The number of para-hydroxylation sites is 3. The predicted octanol–water partition coefficient (Wildman–Crippen LogP) is 7.25. The zero-order valence-electron chi connectivity index (χ0n) is 28.4. The normalized spacial score (nSPS) is 27.1. The van der Waals surface area contributed by atoms with Crippen molar-refractivity contribution in [3.63, 3.8) is 0 Å². The number of phenols is 1. The monoisotopic (exact) mass is 677 g/mol. The third kappa shape index (κ3) is 4.36. The lowest BCUT2D eigenvalue weighted by atomic mass is 9.51. The number of anilines is 2. The molecule has 2 saturated heterocycles. The van der Waals surface area contributed by atoms with Crippen LogP contribution in [0.1, 0.15) is 42.4 Å². The predicted molar refractivity (Wildman–Crippen MR) is 191 cm³/mol. The number of phenolic OH excluding ortho intramolecular Hbond substituents is 1. The van der Waals surface area contributed by atoms with E-state index >= 15 is 0 Å². The van der Waals surface area contributed by atoms with Crippen molar-refractivity contribution in [3.05, 3.63) is 119 Å². The summed E-state index contributed by atoms with van der Waals surface area (Å²) >= 11 is 0. The van der Waals surface area contributed by atoms with Crippen LogP contribution in [-0.4, -0.2) is 33.7 Å². The highest BCUT2D eigenvalue weighted by atomic mass is 16.3. The minimum absolute atomic E-state index is 0.180. The fraction of sp³-hybridized carbons (Fsp3) is 0.262. The number of benzene rings is 4. The SMILES string of the molecule is Cc1cc(C2C3=CCC4C(=O)N(c5ccc(-c6nc7ccccc7o6)cc5)C(=O)C4C3CC3C(=O)N(c4ccccc4)C(=O)C32C)cc(C)c1O. The molecule has 1 N–H and O–H groups in total. The molecule has 4 aromatic carbocycles. The molecule has 4 amide bonds. The molecule has 51 heavy (non-hydrogen) atoms. The molecule has 3 fully saturated rings. The number of aromatic hydroxyl groups is 1. The molecular formula is C42H35N3O6. The van der Waals surface area contributed by atoms with Crippen LogP contribution < -0.4 is 9.80 Å². The molecule has 4 aliphatic rings. The van der Waals surface area contributed by atoms with Gasteiger partial charge < -0.3 is 9.52 Å². The van der Waals surface area contributed by atoms with Crippen LogP contribution in [0.5, 0.6) is 5.75 Å². The topological polar surface area (TPSA) is 121 Å². The Balaban J connectivity index is 1.11. The second-order valence-corrected chi connectivity index (χ2v) is 14.5. The summed E-state index contributed by atoms with van der Waals surface area (Å²) in [5, 5.41) is 10.7. The molecule has 9 heteroatoms. The van der Waals surface area contributed by atoms with Crippen LogP contribution in [0.3, 0.4) is 0 Å². The molecular weight excluding hydrogens is 642 g/mol. The largest absolute Gasteiger partial charge is 0.507 e. The van der Waals surface area contributed by atoms with Crippen LogP contribution in [0.25, 0.3) is 22.6 Å². The van der Waals surface area contributed by atoms with Crippen molar-refractivity contribution >= 4 is 46.1 Å². The summed E-state index contributed by atoms with van der Waals surface area (Å²) in [7, 11) is 0. The number of aromatic nitrogens is 1. The molecule has 5 aromatic rings. The Kier molecular flexibility index (Phi) is 6.78. The molecule has 0 bridgehead atoms. The van der Waals surface area contributed by atoms with Gasteiger partial charge in [-0.15, -0.1) is 0 Å². The first kappa shape index (κ1) is 31.2. The number of rotatable bonds is 4. The van der Waals surface area contributed by atoms with Gasteiger partial charge in [-0.25, -0.2) is 9.88 Å². The lowest BCUT2D eigenvalue weighted by Crippen LogP contribution is -2.49. The van der Waals surface area contributed by atoms with Crippen molar-refractivity contribution in [1.82, 2.24) is 4.98 Å². The van der Waals surface area contributed by atoms with Crippen LogP contribution in [0.4, 0.5) is 11.4 Å². The third-order valence-corrected chi connectivity index (χ3v) is 11.8. The fourth-order valence-electron chi connectivity index (χ4n) is 9.38. The Morgan fingerprint density at radius 3 is 2.16 bits per heavy atom. The highest BCUT2D eigenvalue weighted by Gasteiger charge is 2.67. The summed E-state index contributed by atoms with van der Waals surface area (Å²) < 4.78 is 5.93. The van der Waals surface area contributed by atoms with E-state index in [1.54, 1.807) is 48.5 Å². The number of oxazole rings is 1. The Hall–Kier alpha value is -5.83. The molecule has 1 aromatic heterocycles. The number of carbonyl (C=O) groups is 4. The standard InChI is InChI=1S/C42H35N3O6/c1-22-19-25(20-23(2)36(22)46)35-28-17-18-29-34(30(28)21-31-39(48)45(41(50)42(31,35)3)26-9-5-4-6-10-26)40(49)44(38(29)47)27-15-13-24(14-16-27)37-43-32-11-7-8-12-33(32)51-37/h4-17,19-20,29-31,34-35,46H,18,21H2,1-3H3. The number of aryl methyl sites for hydroxylation is 2. The minimum atomic E-state index is -1.15. The van der Waals surface area contributed by atoms with E-state index in [1.165, 1.54) is 9.80 Å². The highest BCUT2D eigenvalue weighted by molar-refractivity contribution is 6.25. The van der Waals surface area contributed by atoms with Gasteiger partial charge in [0, 0.05) is 11.5 Å². The Bertz CT molecular complexity index is 2290. The average molecular weight is 678 g/mol. The van der Waals surface area contributed by atoms with Crippen LogP contribution in [0.2, 0.25) is 0 Å². The van der Waals surface area contributed by atoms with Crippen LogP contribution in [0, 0.1) is 42.9 Å². The smallest absolute Gasteiger partial charge is 0.241 e. The average Bonchev–Trinajstić information content (AvgIpc) is 3.74. The second-order valence-electron chi connectivity index (χ2n) is 14.5. The summed E-state index contributed by atoms with van der Waals surface area (Å²) in [6.07, 6.45) is 2.66. The van der Waals surface area contributed by atoms with Crippen LogP contribution in [0.15, 0.2) is 107 Å². The Morgan fingerprint density at radius 1 is 0.784 bits per heavy atom. The van der Waals surface area contributed by atoms with Crippen molar-refractivity contribution < 1.29 is 28.7 Å². The lowest BCUT2D eigenvalue weighted by Gasteiger charge is -2.49. The van der Waals surface area contributed by atoms with E-state index in [0.29, 0.717) is 40.4 Å². The van der Waals surface area contributed by atoms with Gasteiger partial charge in [-0.3, -0.25) is 24.1 Å². The Morgan fingerprint density at radius 2 is 1.45 bits per heavy atom. The number of hydrogen-bond donors (Lipinski definition) is 1. The van der Waals surface area contributed by atoms with Crippen molar-refractivity contribution in [2.75, 3.05) is 9.80 Å². The van der Waals surface area contributed by atoms with Gasteiger partial charge in [-0.2, -0.15) is 0 Å². The highest BCUT2D eigenvalue weighted by Crippen LogP contribution is 2.64. The van der Waals surface area contributed by atoms with Gasteiger partial charge in [0.1, 0.15) is 11.3 Å². The number of amides is 4. The molecule has 2 aliphatic heterocycles. The van der Waals surface area contributed by atoms with Gasteiger partial charge in [-0.05, 0) is 105 Å². The number of allylic oxidation sites excluding steroid dienone is 2.